The van der Waals surface area contributed by atoms with Crippen molar-refractivity contribution in [1.82, 2.24) is 0 Å². The molecule has 6 heteroatoms. The molecule has 0 fully saturated rings. The minimum atomic E-state index is -1.28. The quantitative estimate of drug-likeness (QED) is 0.471. The first-order valence-corrected chi connectivity index (χ1v) is 7.10. The fourth-order valence-electron chi connectivity index (χ4n) is 1.41. The van der Waals surface area contributed by atoms with E-state index in [0.29, 0.717) is 17.9 Å². The number of hydrogen-bond donors (Lipinski definition) is 0. The number of carbonyl (C=O) groups is 1. The molecule has 1 rings (SSSR count). The topological polar surface area (TPSA) is 26.3 Å². The Bertz CT molecular complexity index is 484. The molecule has 0 amide bonds. The van der Waals surface area contributed by atoms with Gasteiger partial charge in [0.1, 0.15) is 12.4 Å². The number of thioether (sulfide) groups is 1. The number of benzene rings is 1. The number of esters is 1. The predicted octanol–water partition coefficient (Wildman–Crippen LogP) is 3.72. The Morgan fingerprint density at radius 3 is 2.35 bits per heavy atom. The maximum Gasteiger partial charge on any atom is 0.310 e. The summed E-state index contributed by atoms with van der Waals surface area (Å²) in [5.74, 6) is -3.46. The van der Waals surface area contributed by atoms with Crippen molar-refractivity contribution in [3.8, 4) is 0 Å². The summed E-state index contributed by atoms with van der Waals surface area (Å²) < 4.78 is 44.0. The molecule has 0 unspecified atom stereocenters. The standard InChI is InChI=1S/C14H17F3O2S/c1-14(2,3)20-5-4-19-13(18)7-9-6-11(16)12(17)8-10(9)15/h6,8H,4-5,7H2,1-3H3. The van der Waals surface area contributed by atoms with Crippen LogP contribution in [0.2, 0.25) is 0 Å². The largest absolute Gasteiger partial charge is 0.465 e. The highest BCUT2D eigenvalue weighted by Gasteiger charge is 2.15. The molecule has 0 aliphatic carbocycles. The normalized spacial score (nSPS) is 11.5. The second-order valence-corrected chi connectivity index (χ2v) is 7.14. The molecule has 0 radical (unpaired) electrons. The first kappa shape index (κ1) is 16.9. The lowest BCUT2D eigenvalue weighted by Crippen LogP contribution is -2.15. The monoisotopic (exact) mass is 306 g/mol. The fraction of sp³-hybridized carbons (Fsp3) is 0.500. The van der Waals surface area contributed by atoms with Gasteiger partial charge in [0, 0.05) is 22.1 Å². The first-order valence-electron chi connectivity index (χ1n) is 6.12. The molecule has 1 aromatic rings. The summed E-state index contributed by atoms with van der Waals surface area (Å²) in [5, 5.41) is 0. The van der Waals surface area contributed by atoms with E-state index < -0.39 is 29.8 Å². The minimum absolute atomic E-state index is 0.0681. The van der Waals surface area contributed by atoms with Crippen molar-refractivity contribution in [3.05, 3.63) is 35.1 Å². The summed E-state index contributed by atoms with van der Waals surface area (Å²) in [7, 11) is 0. The molecule has 0 aliphatic rings. The maximum absolute atomic E-state index is 13.3. The van der Waals surface area contributed by atoms with Gasteiger partial charge in [0.2, 0.25) is 0 Å². The van der Waals surface area contributed by atoms with E-state index in [1.807, 2.05) is 20.8 Å². The number of carbonyl (C=O) groups excluding carboxylic acids is 1. The summed E-state index contributed by atoms with van der Waals surface area (Å²) in [6.07, 6.45) is -0.413. The second kappa shape index (κ2) is 7.02. The molecule has 0 atom stereocenters. The van der Waals surface area contributed by atoms with Crippen LogP contribution < -0.4 is 0 Å². The average molecular weight is 306 g/mol. The van der Waals surface area contributed by atoms with Crippen molar-refractivity contribution >= 4 is 17.7 Å². The molecule has 2 nitrogen and oxygen atoms in total. The van der Waals surface area contributed by atoms with E-state index in [-0.39, 0.29) is 16.9 Å². The number of halogens is 3. The lowest BCUT2D eigenvalue weighted by atomic mass is 10.1. The summed E-state index contributed by atoms with van der Waals surface area (Å²) in [4.78, 5) is 11.5. The highest BCUT2D eigenvalue weighted by Crippen LogP contribution is 2.22. The molecular weight excluding hydrogens is 289 g/mol. The van der Waals surface area contributed by atoms with Crippen molar-refractivity contribution in [1.29, 1.82) is 0 Å². The molecule has 20 heavy (non-hydrogen) atoms. The zero-order valence-electron chi connectivity index (χ0n) is 11.6. The van der Waals surface area contributed by atoms with Crippen molar-refractivity contribution in [2.24, 2.45) is 0 Å². The predicted molar refractivity (Wildman–Crippen MR) is 73.2 cm³/mol. The Hall–Kier alpha value is -1.17. The smallest absolute Gasteiger partial charge is 0.310 e. The van der Waals surface area contributed by atoms with Crippen molar-refractivity contribution in [3.63, 3.8) is 0 Å². The SMILES string of the molecule is CC(C)(C)SCCOC(=O)Cc1cc(F)c(F)cc1F. The Balaban J connectivity index is 2.45. The molecule has 1 aromatic carbocycles. The molecule has 0 heterocycles. The number of ether oxygens (including phenoxy) is 1. The number of rotatable bonds is 5. The van der Waals surface area contributed by atoms with Gasteiger partial charge in [0.15, 0.2) is 11.6 Å². The molecule has 0 aromatic heterocycles. The lowest BCUT2D eigenvalue weighted by Gasteiger charge is -2.17. The molecule has 0 saturated carbocycles. The van der Waals surface area contributed by atoms with Gasteiger partial charge in [-0.3, -0.25) is 4.79 Å². The van der Waals surface area contributed by atoms with Gasteiger partial charge in [0.25, 0.3) is 0 Å². The van der Waals surface area contributed by atoms with Crippen molar-refractivity contribution < 1.29 is 22.7 Å². The van der Waals surface area contributed by atoms with Gasteiger partial charge in [-0.2, -0.15) is 11.8 Å². The van der Waals surface area contributed by atoms with Crippen molar-refractivity contribution in [2.45, 2.75) is 31.9 Å². The van der Waals surface area contributed by atoms with Gasteiger partial charge in [-0.05, 0) is 6.07 Å². The first-order chi connectivity index (χ1) is 9.19. The van der Waals surface area contributed by atoms with E-state index in [0.717, 1.165) is 0 Å². The Labute approximate surface area is 120 Å². The number of hydrogen-bond acceptors (Lipinski definition) is 3. The zero-order chi connectivity index (χ0) is 15.3. The van der Waals surface area contributed by atoms with Crippen LogP contribution in [-0.2, 0) is 16.0 Å². The van der Waals surface area contributed by atoms with Crippen LogP contribution >= 0.6 is 11.8 Å². The Morgan fingerprint density at radius 2 is 1.75 bits per heavy atom. The van der Waals surface area contributed by atoms with E-state index in [9.17, 15) is 18.0 Å². The van der Waals surface area contributed by atoms with Crippen LogP contribution in [0.4, 0.5) is 13.2 Å². The van der Waals surface area contributed by atoms with E-state index in [4.69, 9.17) is 4.74 Å². The van der Waals surface area contributed by atoms with Crippen LogP contribution in [0.5, 0.6) is 0 Å². The molecule has 0 aliphatic heterocycles. The van der Waals surface area contributed by atoms with Gasteiger partial charge < -0.3 is 4.74 Å². The third-order valence-corrected chi connectivity index (χ3v) is 3.54. The van der Waals surface area contributed by atoms with E-state index in [1.54, 1.807) is 11.8 Å². The molecular formula is C14H17F3O2S. The Kier molecular flexibility index (Phi) is 5.92. The summed E-state index contributed by atoms with van der Waals surface area (Å²) in [5.41, 5.74) is -0.211. The molecule has 0 spiro atoms. The van der Waals surface area contributed by atoms with E-state index >= 15 is 0 Å². The van der Waals surface area contributed by atoms with Crippen molar-refractivity contribution in [2.75, 3.05) is 12.4 Å². The summed E-state index contributed by atoms with van der Waals surface area (Å²) in [6, 6.07) is 1.10. The highest BCUT2D eigenvalue weighted by atomic mass is 32.2. The van der Waals surface area contributed by atoms with Crippen LogP contribution in [0, 0.1) is 17.5 Å². The third-order valence-electron chi connectivity index (χ3n) is 2.31. The molecule has 0 bridgehead atoms. The summed E-state index contributed by atoms with van der Waals surface area (Å²) in [6.45, 7) is 6.31. The van der Waals surface area contributed by atoms with Gasteiger partial charge >= 0.3 is 5.97 Å². The average Bonchev–Trinajstić information content (AvgIpc) is 2.30. The molecule has 0 N–H and O–H groups in total. The zero-order valence-corrected chi connectivity index (χ0v) is 12.5. The van der Waals surface area contributed by atoms with Gasteiger partial charge in [-0.25, -0.2) is 13.2 Å². The van der Waals surface area contributed by atoms with Gasteiger partial charge in [-0.15, -0.1) is 0 Å². The van der Waals surface area contributed by atoms with E-state index in [2.05, 4.69) is 0 Å². The second-order valence-electron chi connectivity index (χ2n) is 5.22. The minimum Gasteiger partial charge on any atom is -0.465 e. The lowest BCUT2D eigenvalue weighted by molar-refractivity contribution is -0.142. The van der Waals surface area contributed by atoms with Crippen LogP contribution in [0.1, 0.15) is 26.3 Å². The van der Waals surface area contributed by atoms with Crippen LogP contribution in [0.3, 0.4) is 0 Å². The van der Waals surface area contributed by atoms with Gasteiger partial charge in [0.05, 0.1) is 6.42 Å². The molecule has 112 valence electrons. The van der Waals surface area contributed by atoms with Crippen LogP contribution in [0.15, 0.2) is 12.1 Å². The van der Waals surface area contributed by atoms with Crippen LogP contribution in [0.25, 0.3) is 0 Å². The maximum atomic E-state index is 13.3. The molecule has 0 saturated heterocycles. The highest BCUT2D eigenvalue weighted by molar-refractivity contribution is 8.00. The summed E-state index contributed by atoms with van der Waals surface area (Å²) >= 11 is 1.63. The van der Waals surface area contributed by atoms with E-state index in [1.165, 1.54) is 0 Å². The Morgan fingerprint density at radius 1 is 1.15 bits per heavy atom. The van der Waals surface area contributed by atoms with Crippen LogP contribution in [-0.4, -0.2) is 23.1 Å². The van der Waals surface area contributed by atoms with Gasteiger partial charge in [-0.1, -0.05) is 20.8 Å². The third kappa shape index (κ3) is 5.86. The fourth-order valence-corrected chi connectivity index (χ4v) is 2.19.